The summed E-state index contributed by atoms with van der Waals surface area (Å²) in [6, 6.07) is 7.87. The normalized spacial score (nSPS) is 11.1. The van der Waals surface area contributed by atoms with Gasteiger partial charge < -0.3 is 5.73 Å². The molecule has 0 bridgehead atoms. The molecule has 4 nitrogen and oxygen atoms in total. The minimum atomic E-state index is 0.469. The van der Waals surface area contributed by atoms with Gasteiger partial charge in [0.15, 0.2) is 0 Å². The number of hydrogen-bond donors (Lipinski definition) is 1. The van der Waals surface area contributed by atoms with Crippen molar-refractivity contribution in [2.75, 3.05) is 5.73 Å². The molecule has 3 aromatic rings. The fourth-order valence-electron chi connectivity index (χ4n) is 1.67. The largest absolute Gasteiger partial charge is 0.369 e. The number of fused-ring (bicyclic) bond motifs is 3. The summed E-state index contributed by atoms with van der Waals surface area (Å²) in [4.78, 5) is 8.30. The molecular formula is C10H8N4. The highest BCUT2D eigenvalue weighted by Crippen LogP contribution is 2.19. The molecule has 0 saturated heterocycles. The van der Waals surface area contributed by atoms with Crippen molar-refractivity contribution in [2.45, 2.75) is 0 Å². The molecule has 3 heterocycles. The van der Waals surface area contributed by atoms with Crippen LogP contribution in [-0.2, 0) is 0 Å². The molecule has 0 spiro atoms. The number of anilines is 1. The Hall–Kier alpha value is -2.10. The van der Waals surface area contributed by atoms with Crippen molar-refractivity contribution < 1.29 is 0 Å². The van der Waals surface area contributed by atoms with Crippen molar-refractivity contribution >= 4 is 22.5 Å². The van der Waals surface area contributed by atoms with Crippen molar-refractivity contribution in [3.8, 4) is 0 Å². The van der Waals surface area contributed by atoms with Gasteiger partial charge in [0, 0.05) is 17.8 Å². The van der Waals surface area contributed by atoms with E-state index in [1.165, 1.54) is 0 Å². The van der Waals surface area contributed by atoms with Gasteiger partial charge in [-0.3, -0.25) is 4.40 Å². The Morgan fingerprint density at radius 3 is 3.00 bits per heavy atom. The molecule has 0 fully saturated rings. The van der Waals surface area contributed by atoms with E-state index in [-0.39, 0.29) is 0 Å². The second-order valence-electron chi connectivity index (χ2n) is 3.12. The van der Waals surface area contributed by atoms with Gasteiger partial charge in [0.05, 0.1) is 5.52 Å². The lowest BCUT2D eigenvalue weighted by Gasteiger charge is -1.98. The summed E-state index contributed by atoms with van der Waals surface area (Å²) in [7, 11) is 0. The van der Waals surface area contributed by atoms with Gasteiger partial charge in [0.2, 0.25) is 5.95 Å². The second kappa shape index (κ2) is 2.45. The summed E-state index contributed by atoms with van der Waals surface area (Å²) < 4.78 is 1.84. The molecule has 2 N–H and O–H groups in total. The van der Waals surface area contributed by atoms with E-state index >= 15 is 0 Å². The molecule has 0 radical (unpaired) electrons. The van der Waals surface area contributed by atoms with Crippen LogP contribution in [0.5, 0.6) is 0 Å². The summed E-state index contributed by atoms with van der Waals surface area (Å²) >= 11 is 0. The molecule has 0 saturated carbocycles. The summed E-state index contributed by atoms with van der Waals surface area (Å²) in [6.07, 6.45) is 3.45. The molecule has 3 rings (SSSR count). The van der Waals surface area contributed by atoms with Crippen LogP contribution in [-0.4, -0.2) is 14.4 Å². The van der Waals surface area contributed by atoms with Gasteiger partial charge in [-0.15, -0.1) is 0 Å². The highest BCUT2D eigenvalue weighted by atomic mass is 15.1. The molecule has 0 aliphatic carbocycles. The van der Waals surface area contributed by atoms with Gasteiger partial charge in [0.25, 0.3) is 0 Å². The van der Waals surface area contributed by atoms with Crippen molar-refractivity contribution in [3.05, 3.63) is 36.7 Å². The minimum absolute atomic E-state index is 0.469. The van der Waals surface area contributed by atoms with Crippen LogP contribution in [0.1, 0.15) is 0 Å². The molecule has 0 aliphatic heterocycles. The summed E-state index contributed by atoms with van der Waals surface area (Å²) in [5.41, 5.74) is 7.65. The predicted octanol–water partition coefficient (Wildman–Crippen LogP) is 1.46. The van der Waals surface area contributed by atoms with E-state index in [1.807, 2.05) is 28.7 Å². The van der Waals surface area contributed by atoms with E-state index in [0.717, 1.165) is 16.6 Å². The van der Waals surface area contributed by atoms with E-state index in [4.69, 9.17) is 5.73 Å². The Balaban J connectivity index is 2.65. The van der Waals surface area contributed by atoms with E-state index in [1.54, 1.807) is 12.4 Å². The molecule has 0 unspecified atom stereocenters. The third kappa shape index (κ3) is 0.821. The lowest BCUT2D eigenvalue weighted by atomic mass is 10.3. The van der Waals surface area contributed by atoms with Crippen molar-refractivity contribution in [3.63, 3.8) is 0 Å². The highest BCUT2D eigenvalue weighted by molar-refractivity contribution is 5.85. The summed E-state index contributed by atoms with van der Waals surface area (Å²) in [5, 5.41) is 1.08. The number of hydrogen-bond acceptors (Lipinski definition) is 3. The zero-order chi connectivity index (χ0) is 9.54. The first-order valence-corrected chi connectivity index (χ1v) is 4.33. The van der Waals surface area contributed by atoms with E-state index in [2.05, 4.69) is 9.97 Å². The number of nitrogens with zero attached hydrogens (tertiary/aromatic N) is 3. The minimum Gasteiger partial charge on any atom is -0.369 e. The number of pyridine rings is 1. The number of aromatic nitrogens is 3. The number of nitrogens with two attached hydrogens (primary N) is 1. The Morgan fingerprint density at radius 1 is 1.14 bits per heavy atom. The third-order valence-corrected chi connectivity index (χ3v) is 2.27. The number of nitrogen functional groups attached to an aromatic ring is 1. The lowest BCUT2D eigenvalue weighted by Crippen LogP contribution is -1.99. The van der Waals surface area contributed by atoms with Crippen LogP contribution in [0.15, 0.2) is 36.7 Å². The van der Waals surface area contributed by atoms with Crippen molar-refractivity contribution in [1.29, 1.82) is 0 Å². The summed E-state index contributed by atoms with van der Waals surface area (Å²) in [5.74, 6) is 0.469. The Morgan fingerprint density at radius 2 is 2.07 bits per heavy atom. The first-order chi connectivity index (χ1) is 6.86. The average molecular weight is 184 g/mol. The highest BCUT2D eigenvalue weighted by Gasteiger charge is 2.04. The van der Waals surface area contributed by atoms with Crippen LogP contribution in [0, 0.1) is 0 Å². The molecule has 0 atom stereocenters. The molecule has 3 aromatic heterocycles. The zero-order valence-electron chi connectivity index (χ0n) is 7.38. The first kappa shape index (κ1) is 7.32. The van der Waals surface area contributed by atoms with E-state index in [0.29, 0.717) is 5.95 Å². The van der Waals surface area contributed by atoms with E-state index < -0.39 is 0 Å². The van der Waals surface area contributed by atoms with Crippen molar-refractivity contribution in [1.82, 2.24) is 14.4 Å². The molecular weight excluding hydrogens is 176 g/mol. The Kier molecular flexibility index (Phi) is 1.28. The van der Waals surface area contributed by atoms with Gasteiger partial charge in [-0.2, -0.15) is 0 Å². The monoisotopic (exact) mass is 184 g/mol. The maximum absolute atomic E-state index is 5.78. The zero-order valence-corrected chi connectivity index (χ0v) is 7.38. The fraction of sp³-hybridized carbons (Fsp3) is 0. The first-order valence-electron chi connectivity index (χ1n) is 4.33. The number of rotatable bonds is 0. The van der Waals surface area contributed by atoms with Gasteiger partial charge >= 0.3 is 0 Å². The molecule has 0 aliphatic rings. The van der Waals surface area contributed by atoms with Crippen LogP contribution in [0.25, 0.3) is 16.6 Å². The fourth-order valence-corrected chi connectivity index (χ4v) is 1.67. The molecule has 14 heavy (non-hydrogen) atoms. The Labute approximate surface area is 80.0 Å². The molecule has 0 aromatic carbocycles. The second-order valence-corrected chi connectivity index (χ2v) is 3.12. The van der Waals surface area contributed by atoms with Crippen LogP contribution >= 0.6 is 0 Å². The maximum atomic E-state index is 5.78. The van der Waals surface area contributed by atoms with Gasteiger partial charge in [-0.05, 0) is 24.3 Å². The lowest BCUT2D eigenvalue weighted by molar-refractivity contribution is 1.12. The SMILES string of the molecule is Nc1nccc2cc3cccnc3n12. The van der Waals surface area contributed by atoms with E-state index in [9.17, 15) is 0 Å². The van der Waals surface area contributed by atoms with Gasteiger partial charge in [-0.25, -0.2) is 9.97 Å². The summed E-state index contributed by atoms with van der Waals surface area (Å²) in [6.45, 7) is 0. The van der Waals surface area contributed by atoms with Crippen LogP contribution in [0.3, 0.4) is 0 Å². The quantitative estimate of drug-likeness (QED) is 0.575. The van der Waals surface area contributed by atoms with Gasteiger partial charge in [0.1, 0.15) is 5.65 Å². The molecule has 68 valence electrons. The maximum Gasteiger partial charge on any atom is 0.206 e. The topological polar surface area (TPSA) is 56.2 Å². The van der Waals surface area contributed by atoms with Crippen LogP contribution in [0.4, 0.5) is 5.95 Å². The Bertz CT molecular complexity index is 612. The predicted molar refractivity (Wildman–Crippen MR) is 54.9 cm³/mol. The average Bonchev–Trinajstić information content (AvgIpc) is 2.57. The van der Waals surface area contributed by atoms with Crippen LogP contribution < -0.4 is 5.73 Å². The van der Waals surface area contributed by atoms with Crippen molar-refractivity contribution in [2.24, 2.45) is 0 Å². The standard InChI is InChI=1S/C10H8N4/c11-10-13-5-3-8-6-7-2-1-4-12-9(7)14(8)10/h1-6H,(H2,11,13). The third-order valence-electron chi connectivity index (χ3n) is 2.27. The smallest absolute Gasteiger partial charge is 0.206 e. The van der Waals surface area contributed by atoms with Gasteiger partial charge in [-0.1, -0.05) is 0 Å². The molecule has 4 heteroatoms. The molecule has 0 amide bonds. The van der Waals surface area contributed by atoms with Crippen LogP contribution in [0.2, 0.25) is 0 Å².